The molecule has 1 aromatic carbocycles. The minimum absolute atomic E-state index is 0.254. The van der Waals surface area contributed by atoms with E-state index in [9.17, 15) is 4.79 Å². The highest BCUT2D eigenvalue weighted by atomic mass is 16.5. The van der Waals surface area contributed by atoms with Gasteiger partial charge in [-0.25, -0.2) is 4.79 Å². The molecular formula is C13H17NO2. The van der Waals surface area contributed by atoms with Crippen molar-refractivity contribution >= 4 is 5.97 Å². The highest BCUT2D eigenvalue weighted by Crippen LogP contribution is 2.13. The molecule has 3 nitrogen and oxygen atoms in total. The summed E-state index contributed by atoms with van der Waals surface area (Å²) < 4.78 is 5.02. The molecular weight excluding hydrogens is 202 g/mol. The van der Waals surface area contributed by atoms with Gasteiger partial charge in [0.1, 0.15) is 6.04 Å². The number of rotatable bonds is 6. The van der Waals surface area contributed by atoms with Crippen molar-refractivity contribution in [2.45, 2.75) is 13.0 Å². The van der Waals surface area contributed by atoms with Gasteiger partial charge in [-0.2, -0.15) is 0 Å². The Bertz CT molecular complexity index is 335. The number of carbonyl (C=O) groups is 1. The van der Waals surface area contributed by atoms with Crippen LogP contribution in [0.1, 0.15) is 18.5 Å². The quantitative estimate of drug-likeness (QED) is 0.588. The fraction of sp³-hybridized carbons (Fsp3) is 0.308. The zero-order valence-electron chi connectivity index (χ0n) is 9.48. The Kier molecular flexibility index (Phi) is 5.29. The van der Waals surface area contributed by atoms with Gasteiger partial charge in [-0.05, 0) is 12.5 Å². The van der Waals surface area contributed by atoms with E-state index >= 15 is 0 Å². The predicted molar refractivity (Wildman–Crippen MR) is 64.0 cm³/mol. The van der Waals surface area contributed by atoms with Crippen molar-refractivity contribution in [3.63, 3.8) is 0 Å². The zero-order valence-corrected chi connectivity index (χ0v) is 9.48. The molecule has 0 aliphatic heterocycles. The maximum atomic E-state index is 11.7. The van der Waals surface area contributed by atoms with Crippen LogP contribution >= 0.6 is 0 Å². The summed E-state index contributed by atoms with van der Waals surface area (Å²) in [6.07, 6.45) is 1.72. The average Bonchev–Trinajstić information content (AvgIpc) is 2.31. The molecule has 0 aliphatic carbocycles. The molecule has 3 heteroatoms. The molecule has 0 aliphatic rings. The van der Waals surface area contributed by atoms with Crippen LogP contribution in [-0.4, -0.2) is 19.1 Å². The Labute approximate surface area is 96.1 Å². The molecule has 0 saturated carbocycles. The van der Waals surface area contributed by atoms with Gasteiger partial charge in [-0.15, -0.1) is 6.58 Å². The predicted octanol–water partition coefficient (Wildman–Crippen LogP) is 2.07. The fourth-order valence-corrected chi connectivity index (χ4v) is 1.41. The number of nitrogens with one attached hydrogen (secondary N) is 1. The van der Waals surface area contributed by atoms with Crippen LogP contribution in [0.5, 0.6) is 0 Å². The van der Waals surface area contributed by atoms with Crippen LogP contribution in [0.15, 0.2) is 43.0 Å². The third-order valence-corrected chi connectivity index (χ3v) is 2.12. The fourth-order valence-electron chi connectivity index (χ4n) is 1.41. The number of esters is 1. The van der Waals surface area contributed by atoms with Gasteiger partial charge in [0.05, 0.1) is 6.61 Å². The van der Waals surface area contributed by atoms with Crippen molar-refractivity contribution in [3.8, 4) is 0 Å². The second-order valence-electron chi connectivity index (χ2n) is 3.29. The standard InChI is InChI=1S/C13H17NO2/c1-3-10-14-12(13(15)16-4-2)11-8-6-5-7-9-11/h3,5-9,12,14H,1,4,10H2,2H3. The first-order chi connectivity index (χ1) is 7.79. The Morgan fingerprint density at radius 3 is 2.75 bits per heavy atom. The first-order valence-corrected chi connectivity index (χ1v) is 5.35. The van der Waals surface area contributed by atoms with Crippen molar-refractivity contribution in [1.29, 1.82) is 0 Å². The summed E-state index contributed by atoms with van der Waals surface area (Å²) in [7, 11) is 0. The van der Waals surface area contributed by atoms with E-state index in [-0.39, 0.29) is 5.97 Å². The van der Waals surface area contributed by atoms with E-state index < -0.39 is 6.04 Å². The maximum Gasteiger partial charge on any atom is 0.327 e. The summed E-state index contributed by atoms with van der Waals surface area (Å²) >= 11 is 0. The number of carbonyl (C=O) groups excluding carboxylic acids is 1. The van der Waals surface area contributed by atoms with Crippen LogP contribution in [0.2, 0.25) is 0 Å². The topological polar surface area (TPSA) is 38.3 Å². The molecule has 16 heavy (non-hydrogen) atoms. The van der Waals surface area contributed by atoms with Gasteiger partial charge in [0.2, 0.25) is 0 Å². The largest absolute Gasteiger partial charge is 0.465 e. The lowest BCUT2D eigenvalue weighted by Gasteiger charge is -2.16. The number of hydrogen-bond acceptors (Lipinski definition) is 3. The number of hydrogen-bond donors (Lipinski definition) is 1. The molecule has 86 valence electrons. The highest BCUT2D eigenvalue weighted by molar-refractivity contribution is 5.77. The van der Waals surface area contributed by atoms with E-state index in [0.717, 1.165) is 5.56 Å². The minimum Gasteiger partial charge on any atom is -0.465 e. The van der Waals surface area contributed by atoms with Crippen molar-refractivity contribution < 1.29 is 9.53 Å². The van der Waals surface area contributed by atoms with Gasteiger partial charge in [0, 0.05) is 6.54 Å². The van der Waals surface area contributed by atoms with E-state index in [1.807, 2.05) is 30.3 Å². The van der Waals surface area contributed by atoms with E-state index in [0.29, 0.717) is 13.2 Å². The lowest BCUT2D eigenvalue weighted by Crippen LogP contribution is -2.30. The molecule has 1 unspecified atom stereocenters. The van der Waals surface area contributed by atoms with Gasteiger partial charge in [-0.3, -0.25) is 5.32 Å². The van der Waals surface area contributed by atoms with E-state index in [4.69, 9.17) is 4.74 Å². The highest BCUT2D eigenvalue weighted by Gasteiger charge is 2.20. The van der Waals surface area contributed by atoms with Gasteiger partial charge in [0.15, 0.2) is 0 Å². The first kappa shape index (κ1) is 12.5. The van der Waals surface area contributed by atoms with Crippen LogP contribution in [-0.2, 0) is 9.53 Å². The number of benzene rings is 1. The molecule has 0 fully saturated rings. The smallest absolute Gasteiger partial charge is 0.327 e. The first-order valence-electron chi connectivity index (χ1n) is 5.35. The second kappa shape index (κ2) is 6.80. The van der Waals surface area contributed by atoms with Gasteiger partial charge >= 0.3 is 5.97 Å². The Morgan fingerprint density at radius 1 is 1.50 bits per heavy atom. The second-order valence-corrected chi connectivity index (χ2v) is 3.29. The normalized spacial score (nSPS) is 11.8. The molecule has 0 spiro atoms. The Morgan fingerprint density at radius 2 is 2.19 bits per heavy atom. The lowest BCUT2D eigenvalue weighted by atomic mass is 10.1. The molecule has 1 aromatic rings. The summed E-state index contributed by atoms with van der Waals surface area (Å²) in [6.45, 7) is 6.37. The van der Waals surface area contributed by atoms with E-state index in [2.05, 4.69) is 11.9 Å². The van der Waals surface area contributed by atoms with Crippen LogP contribution < -0.4 is 5.32 Å². The molecule has 0 amide bonds. The van der Waals surface area contributed by atoms with Crippen LogP contribution in [0.4, 0.5) is 0 Å². The molecule has 0 radical (unpaired) electrons. The summed E-state index contributed by atoms with van der Waals surface area (Å²) in [4.78, 5) is 11.7. The Balaban J connectivity index is 2.78. The van der Waals surface area contributed by atoms with Crippen molar-refractivity contribution in [2.24, 2.45) is 0 Å². The van der Waals surface area contributed by atoms with E-state index in [1.165, 1.54) is 0 Å². The van der Waals surface area contributed by atoms with Crippen molar-refractivity contribution in [1.82, 2.24) is 5.32 Å². The Hall–Kier alpha value is -1.61. The monoisotopic (exact) mass is 219 g/mol. The number of ether oxygens (including phenoxy) is 1. The molecule has 0 heterocycles. The molecule has 1 atom stereocenters. The third-order valence-electron chi connectivity index (χ3n) is 2.12. The molecule has 1 rings (SSSR count). The summed E-state index contributed by atoms with van der Waals surface area (Å²) in [6, 6.07) is 9.10. The van der Waals surface area contributed by atoms with E-state index in [1.54, 1.807) is 13.0 Å². The molecule has 0 saturated heterocycles. The zero-order chi connectivity index (χ0) is 11.8. The third kappa shape index (κ3) is 3.51. The average molecular weight is 219 g/mol. The summed E-state index contributed by atoms with van der Waals surface area (Å²) in [5, 5.41) is 3.08. The van der Waals surface area contributed by atoms with Gasteiger partial charge in [0.25, 0.3) is 0 Å². The van der Waals surface area contributed by atoms with Gasteiger partial charge < -0.3 is 4.74 Å². The molecule has 0 aromatic heterocycles. The summed E-state index contributed by atoms with van der Waals surface area (Å²) in [5.41, 5.74) is 0.905. The SMILES string of the molecule is C=CCNC(C(=O)OCC)c1ccccc1. The maximum absolute atomic E-state index is 11.7. The van der Waals surface area contributed by atoms with Crippen molar-refractivity contribution in [3.05, 3.63) is 48.6 Å². The molecule has 0 bridgehead atoms. The minimum atomic E-state index is -0.417. The summed E-state index contributed by atoms with van der Waals surface area (Å²) in [5.74, 6) is -0.254. The lowest BCUT2D eigenvalue weighted by molar-refractivity contribution is -0.145. The van der Waals surface area contributed by atoms with Crippen LogP contribution in [0, 0.1) is 0 Å². The van der Waals surface area contributed by atoms with Crippen LogP contribution in [0.3, 0.4) is 0 Å². The molecule has 1 N–H and O–H groups in total. The van der Waals surface area contributed by atoms with Crippen LogP contribution in [0.25, 0.3) is 0 Å². The van der Waals surface area contributed by atoms with Gasteiger partial charge in [-0.1, -0.05) is 36.4 Å². The van der Waals surface area contributed by atoms with Crippen molar-refractivity contribution in [2.75, 3.05) is 13.2 Å².